The van der Waals surface area contributed by atoms with Gasteiger partial charge in [-0.05, 0) is 67.0 Å². The molecule has 5 rings (SSSR count). The van der Waals surface area contributed by atoms with Gasteiger partial charge in [0.1, 0.15) is 6.04 Å². The summed E-state index contributed by atoms with van der Waals surface area (Å²) in [5, 5.41) is 17.2. The molecule has 0 amide bonds. The van der Waals surface area contributed by atoms with Crippen molar-refractivity contribution in [3.63, 3.8) is 0 Å². The number of rotatable bonds is 6. The minimum atomic E-state index is -4.52. The van der Waals surface area contributed by atoms with Gasteiger partial charge in [0.25, 0.3) is 0 Å². The molecule has 0 bridgehead atoms. The monoisotopic (exact) mass is 581 g/mol. The number of anilines is 1. The topological polar surface area (TPSA) is 56.0 Å². The van der Waals surface area contributed by atoms with Gasteiger partial charge in [0.05, 0.1) is 11.6 Å². The molecule has 0 aliphatic carbocycles. The number of benzene rings is 3. The van der Waals surface area contributed by atoms with Gasteiger partial charge in [-0.15, -0.1) is 0 Å². The summed E-state index contributed by atoms with van der Waals surface area (Å²) in [6.07, 6.45) is -1.93. The highest BCUT2D eigenvalue weighted by Gasteiger charge is 2.43. The number of halogens is 4. The lowest BCUT2D eigenvalue weighted by Crippen LogP contribution is -2.49. The molecule has 0 radical (unpaired) electrons. The summed E-state index contributed by atoms with van der Waals surface area (Å²) < 4.78 is 45.5. The first-order valence-corrected chi connectivity index (χ1v) is 13.7. The van der Waals surface area contributed by atoms with Crippen molar-refractivity contribution in [2.24, 2.45) is 0 Å². The van der Waals surface area contributed by atoms with E-state index in [4.69, 9.17) is 23.8 Å². The van der Waals surface area contributed by atoms with Crippen molar-refractivity contribution in [3.8, 4) is 6.07 Å². The highest BCUT2D eigenvalue weighted by molar-refractivity contribution is 7.80. The fraction of sp³-hybridized carbons (Fsp3) is 0.267. The minimum absolute atomic E-state index is 0.143. The van der Waals surface area contributed by atoms with Crippen LogP contribution in [0, 0.1) is 11.3 Å². The fourth-order valence-electron chi connectivity index (χ4n) is 5.11. The minimum Gasteiger partial charge on any atom is -0.349 e. The van der Waals surface area contributed by atoms with E-state index in [9.17, 15) is 18.4 Å². The second-order valence-electron chi connectivity index (χ2n) is 9.88. The molecule has 4 aromatic rings. The number of nitriles is 1. The Morgan fingerprint density at radius 2 is 1.75 bits per heavy atom. The third-order valence-electron chi connectivity index (χ3n) is 7.16. The maximum absolute atomic E-state index is 14.6. The first kappa shape index (κ1) is 28.0. The van der Waals surface area contributed by atoms with Gasteiger partial charge < -0.3 is 14.8 Å². The summed E-state index contributed by atoms with van der Waals surface area (Å²) in [6, 6.07) is 21.4. The van der Waals surface area contributed by atoms with E-state index in [1.807, 2.05) is 47.4 Å². The number of aromatic nitrogens is 1. The molecule has 0 spiro atoms. The lowest BCUT2D eigenvalue weighted by molar-refractivity contribution is -0.160. The van der Waals surface area contributed by atoms with E-state index in [1.54, 1.807) is 41.1 Å². The zero-order valence-electron chi connectivity index (χ0n) is 21.5. The Hall–Kier alpha value is -3.58. The number of hydrogen-bond acceptors (Lipinski definition) is 3. The zero-order valence-corrected chi connectivity index (χ0v) is 23.0. The standard InChI is InChI=1S/C30H27ClF3N5S/c31-22-9-6-20(7-10-22)18-39-19-26(25-11-8-21(17-35)16-27(25)39)28(30(32,33)34)36-24-12-14-38(15-13-24)29(40)37-23-4-2-1-3-5-23/h1-11,16,19,24,28,36H,12-15,18H2,(H,37,40). The SMILES string of the molecule is N#Cc1ccc2c(C(NC3CCN(C(=S)Nc4ccccc4)CC3)C(F)(F)F)cn(Cc3ccc(Cl)cc3)c2c1. The van der Waals surface area contributed by atoms with Crippen LogP contribution >= 0.6 is 23.8 Å². The molecule has 206 valence electrons. The highest BCUT2D eigenvalue weighted by Crippen LogP contribution is 2.39. The van der Waals surface area contributed by atoms with E-state index in [0.717, 1.165) is 11.3 Å². The van der Waals surface area contributed by atoms with Crippen LogP contribution < -0.4 is 10.6 Å². The number of fused-ring (bicyclic) bond motifs is 1. The number of nitrogens with one attached hydrogen (secondary N) is 2. The second-order valence-corrected chi connectivity index (χ2v) is 10.7. The van der Waals surface area contributed by atoms with Crippen molar-refractivity contribution in [1.82, 2.24) is 14.8 Å². The molecule has 1 unspecified atom stereocenters. The van der Waals surface area contributed by atoms with Gasteiger partial charge in [-0.1, -0.05) is 48.0 Å². The average Bonchev–Trinajstić information content (AvgIpc) is 3.30. The second kappa shape index (κ2) is 11.9. The lowest BCUT2D eigenvalue weighted by Gasteiger charge is -2.36. The first-order chi connectivity index (χ1) is 19.2. The number of hydrogen-bond donors (Lipinski definition) is 2. The van der Waals surface area contributed by atoms with Crippen molar-refractivity contribution >= 4 is 45.5 Å². The predicted octanol–water partition coefficient (Wildman–Crippen LogP) is 7.27. The molecule has 5 nitrogen and oxygen atoms in total. The molecular formula is C30H27ClF3N5S. The molecular weight excluding hydrogens is 555 g/mol. The molecule has 3 aromatic carbocycles. The van der Waals surface area contributed by atoms with Gasteiger partial charge in [-0.25, -0.2) is 0 Å². The number of para-hydroxylation sites is 1. The predicted molar refractivity (Wildman–Crippen MR) is 156 cm³/mol. The van der Waals surface area contributed by atoms with Crippen molar-refractivity contribution in [1.29, 1.82) is 5.26 Å². The van der Waals surface area contributed by atoms with Crippen LogP contribution in [0.25, 0.3) is 10.9 Å². The molecule has 1 aliphatic heterocycles. The van der Waals surface area contributed by atoms with Crippen molar-refractivity contribution in [2.45, 2.75) is 37.6 Å². The van der Waals surface area contributed by atoms with Crippen molar-refractivity contribution < 1.29 is 13.2 Å². The Morgan fingerprint density at radius 3 is 2.40 bits per heavy atom. The third-order valence-corrected chi connectivity index (χ3v) is 7.77. The number of likely N-dealkylation sites (tertiary alicyclic amines) is 1. The normalized spacial score (nSPS) is 15.1. The van der Waals surface area contributed by atoms with Crippen LogP contribution in [0.3, 0.4) is 0 Å². The van der Waals surface area contributed by atoms with Gasteiger partial charge in [-0.3, -0.25) is 5.32 Å². The van der Waals surface area contributed by atoms with E-state index >= 15 is 0 Å². The summed E-state index contributed by atoms with van der Waals surface area (Å²) in [7, 11) is 0. The summed E-state index contributed by atoms with van der Waals surface area (Å²) in [5.74, 6) is 0. The van der Waals surface area contributed by atoms with Crippen molar-refractivity contribution in [2.75, 3.05) is 18.4 Å². The van der Waals surface area contributed by atoms with Crippen LogP contribution in [0.15, 0.2) is 79.0 Å². The molecule has 1 fully saturated rings. The molecule has 10 heteroatoms. The molecule has 2 heterocycles. The van der Waals surface area contributed by atoms with Crippen LogP contribution in [0.5, 0.6) is 0 Å². The van der Waals surface area contributed by atoms with E-state index in [2.05, 4.69) is 16.7 Å². The Kier molecular flexibility index (Phi) is 8.31. The maximum Gasteiger partial charge on any atom is 0.407 e. The van der Waals surface area contributed by atoms with E-state index in [-0.39, 0.29) is 11.6 Å². The zero-order chi connectivity index (χ0) is 28.3. The highest BCUT2D eigenvalue weighted by atomic mass is 35.5. The summed E-state index contributed by atoms with van der Waals surface area (Å²) >= 11 is 11.5. The Bertz CT molecular complexity index is 1520. The molecule has 0 saturated carbocycles. The summed E-state index contributed by atoms with van der Waals surface area (Å²) in [6.45, 7) is 1.44. The molecule has 40 heavy (non-hydrogen) atoms. The van der Waals surface area contributed by atoms with Crippen LogP contribution in [0.2, 0.25) is 5.02 Å². The molecule has 1 atom stereocenters. The summed E-state index contributed by atoms with van der Waals surface area (Å²) in [4.78, 5) is 1.99. The first-order valence-electron chi connectivity index (χ1n) is 12.9. The number of alkyl halides is 3. The Balaban J connectivity index is 1.36. The molecule has 1 saturated heterocycles. The largest absolute Gasteiger partial charge is 0.407 e. The van der Waals surface area contributed by atoms with Crippen molar-refractivity contribution in [3.05, 3.63) is 101 Å². The molecule has 2 N–H and O–H groups in total. The van der Waals surface area contributed by atoms with Crippen LogP contribution in [0.1, 0.15) is 35.6 Å². The fourth-order valence-corrected chi connectivity index (χ4v) is 5.53. The van der Waals surface area contributed by atoms with E-state index < -0.39 is 12.2 Å². The van der Waals surface area contributed by atoms with E-state index in [0.29, 0.717) is 59.1 Å². The van der Waals surface area contributed by atoms with Crippen LogP contribution in [-0.2, 0) is 6.54 Å². The number of thiocarbonyl (C=S) groups is 1. The average molecular weight is 582 g/mol. The molecule has 1 aromatic heterocycles. The number of piperidine rings is 1. The van der Waals surface area contributed by atoms with Gasteiger partial charge in [0, 0.05) is 59.0 Å². The van der Waals surface area contributed by atoms with Crippen LogP contribution in [-0.4, -0.2) is 39.9 Å². The third kappa shape index (κ3) is 6.41. The smallest absolute Gasteiger partial charge is 0.349 e. The van der Waals surface area contributed by atoms with Gasteiger partial charge in [-0.2, -0.15) is 18.4 Å². The summed E-state index contributed by atoms with van der Waals surface area (Å²) in [5.41, 5.74) is 2.87. The molecule has 1 aliphatic rings. The van der Waals surface area contributed by atoms with Gasteiger partial charge in [0.2, 0.25) is 0 Å². The van der Waals surface area contributed by atoms with Gasteiger partial charge >= 0.3 is 6.18 Å². The van der Waals surface area contributed by atoms with Crippen LogP contribution in [0.4, 0.5) is 18.9 Å². The quantitative estimate of drug-likeness (QED) is 0.235. The van der Waals surface area contributed by atoms with E-state index in [1.165, 1.54) is 0 Å². The maximum atomic E-state index is 14.6. The Labute approximate surface area is 241 Å². The van der Waals surface area contributed by atoms with Gasteiger partial charge in [0.15, 0.2) is 5.11 Å². The number of nitrogens with zero attached hydrogens (tertiary/aromatic N) is 3. The lowest BCUT2D eigenvalue weighted by atomic mass is 9.99. The Morgan fingerprint density at radius 1 is 1.05 bits per heavy atom.